The molecule has 6 heteroatoms. The van der Waals surface area contributed by atoms with E-state index < -0.39 is 0 Å². The molecular formula is C30H40O6. The summed E-state index contributed by atoms with van der Waals surface area (Å²) < 4.78 is 23.6. The van der Waals surface area contributed by atoms with Gasteiger partial charge in [0.05, 0.1) is 26.4 Å². The zero-order valence-electron chi connectivity index (χ0n) is 22.0. The van der Waals surface area contributed by atoms with Gasteiger partial charge in [0.25, 0.3) is 0 Å². The Balaban J connectivity index is 1.78. The van der Waals surface area contributed by atoms with Gasteiger partial charge in [-0.15, -0.1) is 0 Å². The van der Waals surface area contributed by atoms with Crippen LogP contribution in [0.2, 0.25) is 0 Å². The molecule has 2 N–H and O–H groups in total. The molecule has 0 aliphatic heterocycles. The van der Waals surface area contributed by atoms with Gasteiger partial charge in [-0.1, -0.05) is 0 Å². The Hall–Kier alpha value is -2.76. The molecule has 4 aliphatic rings. The summed E-state index contributed by atoms with van der Waals surface area (Å²) in [5.74, 6) is 4.36. The summed E-state index contributed by atoms with van der Waals surface area (Å²) >= 11 is 0. The maximum Gasteiger partial charge on any atom is 0.200 e. The number of ether oxygens (including phenoxy) is 4. The van der Waals surface area contributed by atoms with Gasteiger partial charge in [0.2, 0.25) is 11.5 Å². The summed E-state index contributed by atoms with van der Waals surface area (Å²) in [4.78, 5) is 0. The predicted octanol–water partition coefficient (Wildman–Crippen LogP) is 6.43. The number of benzene rings is 2. The van der Waals surface area contributed by atoms with E-state index in [9.17, 15) is 10.2 Å². The third-order valence-corrected chi connectivity index (χ3v) is 8.66. The molecule has 2 aromatic carbocycles. The molecule has 0 saturated heterocycles. The number of phenols is 2. The summed E-state index contributed by atoms with van der Waals surface area (Å²) in [6.07, 6.45) is 6.05. The largest absolute Gasteiger partial charge is 0.502 e. The molecule has 6 rings (SSSR count). The van der Waals surface area contributed by atoms with Crippen LogP contribution in [0.3, 0.4) is 0 Å². The van der Waals surface area contributed by atoms with Crippen molar-refractivity contribution in [3.05, 3.63) is 35.4 Å². The summed E-state index contributed by atoms with van der Waals surface area (Å²) in [5, 5.41) is 21.8. The van der Waals surface area contributed by atoms with E-state index in [0.29, 0.717) is 61.3 Å². The molecule has 0 spiro atoms. The standard InChI is InChI=1S/C30H40O6/c1-5-33-24-14-22(15-25(28(24)31)34-6-2)30(20-10-18-9-19(12-20)13-21(30)11-18)23-16-26(35-7-3)29(32)27(17-23)36-8-4/h14-21,31-32H,5-13H2,1-4H3. The van der Waals surface area contributed by atoms with Gasteiger partial charge in [0, 0.05) is 5.41 Å². The quantitative estimate of drug-likeness (QED) is 0.394. The SMILES string of the molecule is CCOc1cc(C2(c3cc(OCC)c(O)c(OCC)c3)C3CC4CC(C3)CC2C4)cc(OCC)c1O. The van der Waals surface area contributed by atoms with Crippen molar-refractivity contribution in [1.82, 2.24) is 0 Å². The Morgan fingerprint density at radius 1 is 0.583 bits per heavy atom. The van der Waals surface area contributed by atoms with Crippen LogP contribution in [0.5, 0.6) is 34.5 Å². The van der Waals surface area contributed by atoms with Crippen molar-refractivity contribution >= 4 is 0 Å². The highest BCUT2D eigenvalue weighted by Crippen LogP contribution is 2.66. The van der Waals surface area contributed by atoms with E-state index in [1.165, 1.54) is 32.1 Å². The van der Waals surface area contributed by atoms with Crippen molar-refractivity contribution in [1.29, 1.82) is 0 Å². The van der Waals surface area contributed by atoms with Gasteiger partial charge in [-0.2, -0.15) is 0 Å². The van der Waals surface area contributed by atoms with Gasteiger partial charge in [-0.3, -0.25) is 0 Å². The highest BCUT2D eigenvalue weighted by molar-refractivity contribution is 5.61. The average Bonchev–Trinajstić information content (AvgIpc) is 2.84. The van der Waals surface area contributed by atoms with Crippen LogP contribution in [0.15, 0.2) is 24.3 Å². The summed E-state index contributed by atoms with van der Waals surface area (Å²) in [6, 6.07) is 8.10. The van der Waals surface area contributed by atoms with Gasteiger partial charge in [0.15, 0.2) is 23.0 Å². The third-order valence-electron chi connectivity index (χ3n) is 8.66. The van der Waals surface area contributed by atoms with Crippen molar-refractivity contribution in [3.8, 4) is 34.5 Å². The lowest BCUT2D eigenvalue weighted by Crippen LogP contribution is -2.56. The Bertz CT molecular complexity index is 943. The topological polar surface area (TPSA) is 77.4 Å². The Morgan fingerprint density at radius 2 is 0.889 bits per heavy atom. The Labute approximate surface area is 214 Å². The lowest BCUT2D eigenvalue weighted by Gasteiger charge is -2.62. The van der Waals surface area contributed by atoms with Gasteiger partial charge in [0.1, 0.15) is 0 Å². The number of aromatic hydroxyl groups is 2. The van der Waals surface area contributed by atoms with Crippen molar-refractivity contribution in [2.45, 2.75) is 65.2 Å². The molecule has 0 atom stereocenters. The maximum atomic E-state index is 10.9. The second kappa shape index (κ2) is 9.95. The van der Waals surface area contributed by atoms with E-state index in [1.54, 1.807) is 0 Å². The first-order chi connectivity index (χ1) is 17.5. The van der Waals surface area contributed by atoms with E-state index in [0.717, 1.165) is 23.0 Å². The molecule has 4 saturated carbocycles. The van der Waals surface area contributed by atoms with Crippen LogP contribution < -0.4 is 18.9 Å². The zero-order valence-corrected chi connectivity index (χ0v) is 22.0. The molecule has 196 valence electrons. The van der Waals surface area contributed by atoms with Crippen LogP contribution in [0.4, 0.5) is 0 Å². The minimum Gasteiger partial charge on any atom is -0.502 e. The van der Waals surface area contributed by atoms with Crippen molar-refractivity contribution in [3.63, 3.8) is 0 Å². The monoisotopic (exact) mass is 496 g/mol. The van der Waals surface area contributed by atoms with E-state index in [1.807, 2.05) is 52.0 Å². The van der Waals surface area contributed by atoms with E-state index in [-0.39, 0.29) is 16.9 Å². The fourth-order valence-corrected chi connectivity index (χ4v) is 7.74. The van der Waals surface area contributed by atoms with E-state index in [4.69, 9.17) is 18.9 Å². The van der Waals surface area contributed by atoms with Crippen LogP contribution in [0.1, 0.15) is 70.9 Å². The lowest BCUT2D eigenvalue weighted by atomic mass is 9.42. The van der Waals surface area contributed by atoms with Gasteiger partial charge >= 0.3 is 0 Å². The second-order valence-corrected chi connectivity index (χ2v) is 10.5. The number of hydrogen-bond acceptors (Lipinski definition) is 6. The molecule has 0 heterocycles. The molecule has 4 bridgehead atoms. The van der Waals surface area contributed by atoms with Crippen LogP contribution in [-0.4, -0.2) is 36.6 Å². The minimum absolute atomic E-state index is 0.0529. The first kappa shape index (κ1) is 24.9. The molecule has 4 fully saturated rings. The highest BCUT2D eigenvalue weighted by Gasteiger charge is 2.59. The Kier molecular flexibility index (Phi) is 6.88. The number of hydrogen-bond donors (Lipinski definition) is 2. The minimum atomic E-state index is -0.315. The molecular weight excluding hydrogens is 456 g/mol. The van der Waals surface area contributed by atoms with Gasteiger partial charge < -0.3 is 29.2 Å². The summed E-state index contributed by atoms with van der Waals surface area (Å²) in [5.41, 5.74) is 1.90. The normalized spacial score (nSPS) is 25.6. The first-order valence-electron chi connectivity index (χ1n) is 13.7. The number of phenolic OH excluding ortho intramolecular Hbond substituents is 2. The third kappa shape index (κ3) is 3.93. The maximum absolute atomic E-state index is 10.9. The highest BCUT2D eigenvalue weighted by atomic mass is 16.5. The van der Waals surface area contributed by atoms with Crippen LogP contribution in [0, 0.1) is 23.7 Å². The smallest absolute Gasteiger partial charge is 0.200 e. The molecule has 0 aromatic heterocycles. The predicted molar refractivity (Wildman–Crippen MR) is 139 cm³/mol. The van der Waals surface area contributed by atoms with Gasteiger partial charge in [-0.05, 0) is 119 Å². The van der Waals surface area contributed by atoms with E-state index in [2.05, 4.69) is 0 Å². The second-order valence-electron chi connectivity index (χ2n) is 10.5. The Morgan fingerprint density at radius 3 is 1.17 bits per heavy atom. The van der Waals surface area contributed by atoms with Crippen molar-refractivity contribution < 1.29 is 29.2 Å². The number of rotatable bonds is 10. The van der Waals surface area contributed by atoms with Crippen molar-refractivity contribution in [2.24, 2.45) is 23.7 Å². The summed E-state index contributed by atoms with van der Waals surface area (Å²) in [6.45, 7) is 9.51. The molecule has 0 unspecified atom stereocenters. The molecule has 2 aromatic rings. The summed E-state index contributed by atoms with van der Waals surface area (Å²) in [7, 11) is 0. The fraction of sp³-hybridized carbons (Fsp3) is 0.600. The van der Waals surface area contributed by atoms with E-state index >= 15 is 0 Å². The van der Waals surface area contributed by atoms with Crippen LogP contribution in [0.25, 0.3) is 0 Å². The fourth-order valence-electron chi connectivity index (χ4n) is 7.74. The molecule has 0 amide bonds. The van der Waals surface area contributed by atoms with Crippen molar-refractivity contribution in [2.75, 3.05) is 26.4 Å². The first-order valence-corrected chi connectivity index (χ1v) is 13.7. The molecule has 36 heavy (non-hydrogen) atoms. The molecule has 6 nitrogen and oxygen atoms in total. The lowest BCUT2D eigenvalue weighted by molar-refractivity contribution is -0.0421. The zero-order chi connectivity index (χ0) is 25.4. The molecule has 4 aliphatic carbocycles. The van der Waals surface area contributed by atoms with Crippen LogP contribution in [-0.2, 0) is 5.41 Å². The van der Waals surface area contributed by atoms with Crippen LogP contribution >= 0.6 is 0 Å². The van der Waals surface area contributed by atoms with Gasteiger partial charge in [-0.25, -0.2) is 0 Å². The molecule has 0 radical (unpaired) electrons. The average molecular weight is 497 g/mol.